The average Bonchev–Trinajstić information content (AvgIpc) is 2.47. The van der Waals surface area contributed by atoms with Crippen LogP contribution in [0, 0.1) is 11.6 Å². The summed E-state index contributed by atoms with van der Waals surface area (Å²) in [5.74, 6) is -2.25. The molecule has 22 heavy (non-hydrogen) atoms. The molecule has 0 aliphatic heterocycles. The van der Waals surface area contributed by atoms with Gasteiger partial charge in [0.1, 0.15) is 11.6 Å². The van der Waals surface area contributed by atoms with E-state index in [9.17, 15) is 18.7 Å². The van der Waals surface area contributed by atoms with E-state index in [4.69, 9.17) is 11.6 Å². The monoisotopic (exact) mass is 324 g/mol. The molecule has 0 bridgehead atoms. The van der Waals surface area contributed by atoms with E-state index in [1.807, 2.05) is 0 Å². The Balaban J connectivity index is 2.01. The number of nitrogens with zero attached hydrogens (tertiary/aromatic N) is 1. The van der Waals surface area contributed by atoms with Gasteiger partial charge < -0.3 is 5.11 Å². The lowest BCUT2D eigenvalue weighted by molar-refractivity contribution is -0.120. The summed E-state index contributed by atoms with van der Waals surface area (Å²) in [6.45, 7) is 0. The van der Waals surface area contributed by atoms with Crippen LogP contribution in [0.3, 0.4) is 0 Å². The highest BCUT2D eigenvalue weighted by molar-refractivity contribution is 6.31. The van der Waals surface area contributed by atoms with E-state index < -0.39 is 23.1 Å². The fourth-order valence-corrected chi connectivity index (χ4v) is 1.89. The lowest BCUT2D eigenvalue weighted by atomic mass is 10.1. The number of halogens is 3. The molecule has 2 aromatic carbocycles. The van der Waals surface area contributed by atoms with E-state index >= 15 is 0 Å². The first kappa shape index (κ1) is 15.9. The highest BCUT2D eigenvalue weighted by Crippen LogP contribution is 2.19. The van der Waals surface area contributed by atoms with Crippen LogP contribution in [0.2, 0.25) is 5.02 Å². The molecule has 0 fully saturated rings. The Morgan fingerprint density at radius 3 is 2.82 bits per heavy atom. The van der Waals surface area contributed by atoms with Gasteiger partial charge >= 0.3 is 0 Å². The molecule has 0 unspecified atom stereocenters. The number of hydrogen-bond acceptors (Lipinski definition) is 3. The van der Waals surface area contributed by atoms with E-state index in [0.717, 1.165) is 18.3 Å². The SMILES string of the molecule is O=C(Cc1cccc(O)c1)N/N=C/c1c(F)ccc(Cl)c1F. The van der Waals surface area contributed by atoms with Crippen LogP contribution in [0.4, 0.5) is 8.78 Å². The van der Waals surface area contributed by atoms with Gasteiger partial charge in [0.05, 0.1) is 23.2 Å². The summed E-state index contributed by atoms with van der Waals surface area (Å²) in [6, 6.07) is 8.24. The molecule has 1 amide bonds. The standard InChI is InChI=1S/C15H11ClF2N2O2/c16-12-4-5-13(17)11(15(12)18)8-19-20-14(22)7-9-2-1-3-10(21)6-9/h1-6,8,21H,7H2,(H,20,22)/b19-8+. The van der Waals surface area contributed by atoms with Gasteiger partial charge in [-0.05, 0) is 29.8 Å². The van der Waals surface area contributed by atoms with Crippen molar-refractivity contribution in [1.29, 1.82) is 0 Å². The van der Waals surface area contributed by atoms with Crippen molar-refractivity contribution in [3.05, 3.63) is 64.2 Å². The molecule has 2 aromatic rings. The molecule has 0 aliphatic carbocycles. The second-order valence-electron chi connectivity index (χ2n) is 4.40. The molecule has 4 nitrogen and oxygen atoms in total. The van der Waals surface area contributed by atoms with Crippen LogP contribution in [-0.4, -0.2) is 17.2 Å². The van der Waals surface area contributed by atoms with Crippen molar-refractivity contribution in [2.75, 3.05) is 0 Å². The van der Waals surface area contributed by atoms with E-state index in [0.29, 0.717) is 5.56 Å². The minimum atomic E-state index is -0.951. The number of carbonyl (C=O) groups is 1. The summed E-state index contributed by atoms with van der Waals surface area (Å²) in [7, 11) is 0. The minimum absolute atomic E-state index is 0.0355. The zero-order valence-electron chi connectivity index (χ0n) is 11.2. The molecule has 0 spiro atoms. The molecule has 7 heteroatoms. The second kappa shape index (κ2) is 7.00. The van der Waals surface area contributed by atoms with Crippen LogP contribution in [0.5, 0.6) is 5.75 Å². The number of hydrazone groups is 1. The Kier molecular flexibility index (Phi) is 5.06. The van der Waals surface area contributed by atoms with Crippen LogP contribution in [0.25, 0.3) is 0 Å². The number of phenols is 1. The number of hydrogen-bond donors (Lipinski definition) is 2. The summed E-state index contributed by atoms with van der Waals surface area (Å²) in [5, 5.41) is 12.5. The van der Waals surface area contributed by atoms with Gasteiger partial charge in [-0.3, -0.25) is 4.79 Å². The Morgan fingerprint density at radius 1 is 1.32 bits per heavy atom. The number of benzene rings is 2. The average molecular weight is 325 g/mol. The van der Waals surface area contributed by atoms with Crippen molar-refractivity contribution in [2.45, 2.75) is 6.42 Å². The predicted octanol–water partition coefficient (Wildman–Crippen LogP) is 3.02. The van der Waals surface area contributed by atoms with Crippen molar-refractivity contribution in [3.8, 4) is 5.75 Å². The van der Waals surface area contributed by atoms with Gasteiger partial charge in [0.15, 0.2) is 5.82 Å². The van der Waals surface area contributed by atoms with Crippen LogP contribution in [0.1, 0.15) is 11.1 Å². The van der Waals surface area contributed by atoms with Gasteiger partial charge in [-0.25, -0.2) is 14.2 Å². The van der Waals surface area contributed by atoms with Crippen molar-refractivity contribution >= 4 is 23.7 Å². The van der Waals surface area contributed by atoms with Gasteiger partial charge in [-0.15, -0.1) is 0 Å². The Morgan fingerprint density at radius 2 is 2.09 bits per heavy atom. The van der Waals surface area contributed by atoms with Gasteiger partial charge in [-0.1, -0.05) is 23.7 Å². The smallest absolute Gasteiger partial charge is 0.244 e. The number of carbonyl (C=O) groups excluding carboxylic acids is 1. The van der Waals surface area contributed by atoms with Crippen molar-refractivity contribution in [3.63, 3.8) is 0 Å². The van der Waals surface area contributed by atoms with Crippen LogP contribution >= 0.6 is 11.6 Å². The summed E-state index contributed by atoms with van der Waals surface area (Å²) < 4.78 is 27.0. The molecule has 0 radical (unpaired) electrons. The summed E-state index contributed by atoms with van der Waals surface area (Å²) in [6.07, 6.45) is 0.809. The van der Waals surface area contributed by atoms with Gasteiger partial charge in [0.2, 0.25) is 5.91 Å². The summed E-state index contributed by atoms with van der Waals surface area (Å²) in [5.41, 5.74) is 2.28. The van der Waals surface area contributed by atoms with E-state index in [1.165, 1.54) is 12.1 Å². The Hall–Kier alpha value is -2.47. The molecule has 2 N–H and O–H groups in total. The quantitative estimate of drug-likeness (QED) is 0.516. The highest BCUT2D eigenvalue weighted by Gasteiger charge is 2.10. The maximum Gasteiger partial charge on any atom is 0.244 e. The van der Waals surface area contributed by atoms with Gasteiger partial charge in [0, 0.05) is 0 Å². The van der Waals surface area contributed by atoms with Gasteiger partial charge in [0.25, 0.3) is 0 Å². The maximum atomic E-state index is 13.6. The molecule has 0 saturated carbocycles. The summed E-state index contributed by atoms with van der Waals surface area (Å²) >= 11 is 5.54. The largest absolute Gasteiger partial charge is 0.508 e. The lowest BCUT2D eigenvalue weighted by Crippen LogP contribution is -2.20. The Bertz CT molecular complexity index is 735. The van der Waals surface area contributed by atoms with Crippen LogP contribution in [-0.2, 0) is 11.2 Å². The molecular weight excluding hydrogens is 314 g/mol. The first-order valence-electron chi connectivity index (χ1n) is 6.20. The Labute approximate surface area is 130 Å². The third-order valence-electron chi connectivity index (χ3n) is 2.74. The molecule has 0 aromatic heterocycles. The highest BCUT2D eigenvalue weighted by atomic mass is 35.5. The fraction of sp³-hybridized carbons (Fsp3) is 0.0667. The molecule has 114 valence electrons. The molecule has 2 rings (SSSR count). The van der Waals surface area contributed by atoms with Crippen molar-refractivity contribution < 1.29 is 18.7 Å². The number of rotatable bonds is 4. The molecule has 0 heterocycles. The molecule has 0 saturated heterocycles. The number of nitrogens with one attached hydrogen (secondary N) is 1. The lowest BCUT2D eigenvalue weighted by Gasteiger charge is -2.02. The molecule has 0 aliphatic rings. The van der Waals surface area contributed by atoms with E-state index in [2.05, 4.69) is 10.5 Å². The zero-order valence-corrected chi connectivity index (χ0v) is 11.9. The summed E-state index contributed by atoms with van der Waals surface area (Å²) in [4.78, 5) is 11.6. The second-order valence-corrected chi connectivity index (χ2v) is 4.80. The fourth-order valence-electron chi connectivity index (χ4n) is 1.72. The van der Waals surface area contributed by atoms with Crippen molar-refractivity contribution in [1.82, 2.24) is 5.43 Å². The molecule has 0 atom stereocenters. The third kappa shape index (κ3) is 4.02. The van der Waals surface area contributed by atoms with Crippen LogP contribution in [0.15, 0.2) is 41.5 Å². The minimum Gasteiger partial charge on any atom is -0.508 e. The number of phenolic OH excluding ortho intramolecular Hbond substituents is 1. The van der Waals surface area contributed by atoms with E-state index in [-0.39, 0.29) is 17.2 Å². The zero-order chi connectivity index (χ0) is 16.1. The number of amides is 1. The first-order valence-corrected chi connectivity index (χ1v) is 6.58. The van der Waals surface area contributed by atoms with Crippen LogP contribution < -0.4 is 5.43 Å². The van der Waals surface area contributed by atoms with Crippen molar-refractivity contribution in [2.24, 2.45) is 5.10 Å². The number of aromatic hydroxyl groups is 1. The first-order chi connectivity index (χ1) is 10.5. The topological polar surface area (TPSA) is 61.7 Å². The normalized spacial score (nSPS) is 10.9. The molecular formula is C15H11ClF2N2O2. The van der Waals surface area contributed by atoms with E-state index in [1.54, 1.807) is 12.1 Å². The third-order valence-corrected chi connectivity index (χ3v) is 3.03. The predicted molar refractivity (Wildman–Crippen MR) is 78.9 cm³/mol. The van der Waals surface area contributed by atoms with Gasteiger partial charge in [-0.2, -0.15) is 5.10 Å². The maximum absolute atomic E-state index is 13.6.